The van der Waals surface area contributed by atoms with Crippen molar-refractivity contribution in [3.63, 3.8) is 0 Å². The molecule has 1 N–H and O–H groups in total. The number of rotatable bonds is 15. The molecule has 13 heteroatoms. The summed E-state index contributed by atoms with van der Waals surface area (Å²) in [6.45, 7) is 5.54. The Labute approximate surface area is 302 Å². The highest BCUT2D eigenvalue weighted by Gasteiger charge is 2.55. The Morgan fingerprint density at radius 3 is 1.52 bits per heavy atom. The number of carbonyl (C=O) groups excluding carboxylic acids is 3. The second-order valence-electron chi connectivity index (χ2n) is 12.6. The highest BCUT2D eigenvalue weighted by Crippen LogP contribution is 2.35. The van der Waals surface area contributed by atoms with Crippen LogP contribution in [0.2, 0.25) is 0 Å². The lowest BCUT2D eigenvalue weighted by Gasteiger charge is -2.48. The summed E-state index contributed by atoms with van der Waals surface area (Å²) < 4.78 is 54.6. The Hall–Kier alpha value is -4.21. The highest BCUT2D eigenvalue weighted by molar-refractivity contribution is 5.68. The van der Waals surface area contributed by atoms with Gasteiger partial charge in [-0.2, -0.15) is 0 Å². The van der Waals surface area contributed by atoms with E-state index in [9.17, 15) is 19.5 Å². The van der Waals surface area contributed by atoms with Crippen molar-refractivity contribution in [2.45, 2.75) is 109 Å². The van der Waals surface area contributed by atoms with Gasteiger partial charge >= 0.3 is 17.9 Å². The van der Waals surface area contributed by atoms with Gasteiger partial charge in [0.1, 0.15) is 31.0 Å². The lowest BCUT2D eigenvalue weighted by molar-refractivity contribution is -0.369. The molecule has 0 radical (unpaired) electrons. The van der Waals surface area contributed by atoms with E-state index in [4.69, 9.17) is 42.6 Å². The third-order valence-corrected chi connectivity index (χ3v) is 8.54. The second-order valence-corrected chi connectivity index (χ2v) is 12.6. The number of aliphatic hydroxyl groups excluding tert-OH is 1. The standard InChI is InChI=1S/C39H46O13/c1-24-32(45-20-28-14-8-5-9-15-28)34(46-21-29-16-10-6-11-17-29)37(47-22-30-18-12-7-13-19-30)39(48-24)52-36-35(50-27(4)42)33(49-26(3)41)31(51-38(36)43)23-44-25(2)40/h5-19,24,31-39,43H,20-23H2,1-4H3/t24-,31-,32+,33-,34-,35-,36-,37-,38-,39-/m0/s1. The molecule has 0 amide bonds. The van der Waals surface area contributed by atoms with E-state index >= 15 is 0 Å². The van der Waals surface area contributed by atoms with E-state index < -0.39 is 85.9 Å². The van der Waals surface area contributed by atoms with E-state index in [0.29, 0.717) is 0 Å². The fraction of sp³-hybridized carbons (Fsp3) is 0.462. The molecule has 2 fully saturated rings. The number of esters is 3. The van der Waals surface area contributed by atoms with Crippen LogP contribution in [-0.2, 0) is 76.8 Å². The number of carbonyl (C=O) groups is 3. The van der Waals surface area contributed by atoms with Gasteiger partial charge in [0.2, 0.25) is 0 Å². The first kappa shape index (κ1) is 39.0. The fourth-order valence-electron chi connectivity index (χ4n) is 6.17. The van der Waals surface area contributed by atoms with Crippen molar-refractivity contribution < 1.29 is 62.1 Å². The van der Waals surface area contributed by atoms with E-state index in [1.807, 2.05) is 97.9 Å². The maximum atomic E-state index is 12.4. The summed E-state index contributed by atoms with van der Waals surface area (Å²) in [5, 5.41) is 11.3. The SMILES string of the molecule is CC(=O)OC[C@@H]1O[C@H](O)[C@@H](O[C@@H]2O[C@@H](C)[C@@H](OCc3ccccc3)[C@H](OCc3ccccc3)[C@@H]2OCc2ccccc2)[C@@H](OC(C)=O)[C@H]1OC(C)=O. The molecule has 0 aromatic heterocycles. The average Bonchev–Trinajstić information content (AvgIpc) is 3.12. The predicted octanol–water partition coefficient (Wildman–Crippen LogP) is 4.02. The lowest BCUT2D eigenvalue weighted by Crippen LogP contribution is -2.65. The summed E-state index contributed by atoms with van der Waals surface area (Å²) in [6.07, 6.45) is -11.4. The number of hydrogen-bond donors (Lipinski definition) is 1. The van der Waals surface area contributed by atoms with Crippen molar-refractivity contribution in [3.8, 4) is 0 Å². The minimum Gasteiger partial charge on any atom is -0.463 e. The van der Waals surface area contributed by atoms with Crippen LogP contribution in [0, 0.1) is 0 Å². The van der Waals surface area contributed by atoms with Gasteiger partial charge in [0.15, 0.2) is 30.9 Å². The van der Waals surface area contributed by atoms with Gasteiger partial charge in [0.25, 0.3) is 0 Å². The molecule has 13 nitrogen and oxygen atoms in total. The van der Waals surface area contributed by atoms with Crippen molar-refractivity contribution in [1.29, 1.82) is 0 Å². The Morgan fingerprint density at radius 2 is 1.04 bits per heavy atom. The van der Waals surface area contributed by atoms with E-state index in [0.717, 1.165) is 30.5 Å². The van der Waals surface area contributed by atoms with Crippen LogP contribution < -0.4 is 0 Å². The molecule has 0 aliphatic carbocycles. The van der Waals surface area contributed by atoms with Gasteiger partial charge in [0.05, 0.1) is 25.9 Å². The molecule has 2 heterocycles. The molecule has 0 bridgehead atoms. The third kappa shape index (κ3) is 10.9. The molecule has 0 spiro atoms. The molecule has 2 aliphatic heterocycles. The molecule has 280 valence electrons. The molecule has 3 aromatic carbocycles. The fourth-order valence-corrected chi connectivity index (χ4v) is 6.17. The second kappa shape index (κ2) is 19.0. The van der Waals surface area contributed by atoms with Crippen LogP contribution >= 0.6 is 0 Å². The summed E-state index contributed by atoms with van der Waals surface area (Å²) in [7, 11) is 0. The largest absolute Gasteiger partial charge is 0.463 e. The Balaban J connectivity index is 1.48. The molecule has 52 heavy (non-hydrogen) atoms. The normalized spacial score (nSPS) is 28.8. The van der Waals surface area contributed by atoms with Crippen molar-refractivity contribution in [1.82, 2.24) is 0 Å². The average molecular weight is 723 g/mol. The maximum absolute atomic E-state index is 12.4. The van der Waals surface area contributed by atoms with Gasteiger partial charge in [-0.3, -0.25) is 14.4 Å². The van der Waals surface area contributed by atoms with Crippen LogP contribution in [0.4, 0.5) is 0 Å². The summed E-state index contributed by atoms with van der Waals surface area (Å²) in [5.41, 5.74) is 2.73. The Morgan fingerprint density at radius 1 is 0.577 bits per heavy atom. The van der Waals surface area contributed by atoms with Crippen molar-refractivity contribution in [3.05, 3.63) is 108 Å². The molecule has 10 atom stereocenters. The summed E-state index contributed by atoms with van der Waals surface area (Å²) in [6, 6.07) is 28.8. The van der Waals surface area contributed by atoms with E-state index in [2.05, 4.69) is 0 Å². The van der Waals surface area contributed by atoms with Crippen molar-refractivity contribution >= 4 is 17.9 Å². The van der Waals surface area contributed by atoms with Crippen LogP contribution in [0.3, 0.4) is 0 Å². The predicted molar refractivity (Wildman–Crippen MR) is 183 cm³/mol. The molecular weight excluding hydrogens is 676 g/mol. The maximum Gasteiger partial charge on any atom is 0.303 e. The first-order chi connectivity index (χ1) is 25.1. The number of ether oxygens (including phenoxy) is 9. The quantitative estimate of drug-likeness (QED) is 0.178. The van der Waals surface area contributed by atoms with Crippen LogP contribution in [0.5, 0.6) is 0 Å². The molecule has 5 rings (SSSR count). The van der Waals surface area contributed by atoms with Gasteiger partial charge in [0, 0.05) is 20.8 Å². The smallest absolute Gasteiger partial charge is 0.303 e. The first-order valence-corrected chi connectivity index (χ1v) is 17.2. The molecule has 0 saturated carbocycles. The van der Waals surface area contributed by atoms with E-state index in [1.54, 1.807) is 0 Å². The molecular formula is C39H46O13. The van der Waals surface area contributed by atoms with Crippen LogP contribution in [0.15, 0.2) is 91.0 Å². The number of aliphatic hydroxyl groups is 1. The van der Waals surface area contributed by atoms with Gasteiger partial charge in [-0.15, -0.1) is 0 Å². The van der Waals surface area contributed by atoms with Crippen LogP contribution in [0.1, 0.15) is 44.4 Å². The van der Waals surface area contributed by atoms with Gasteiger partial charge < -0.3 is 47.7 Å². The lowest BCUT2D eigenvalue weighted by atomic mass is 9.96. The molecule has 0 unspecified atom stereocenters. The van der Waals surface area contributed by atoms with Gasteiger partial charge in [-0.1, -0.05) is 91.0 Å². The summed E-state index contributed by atoms with van der Waals surface area (Å²) in [4.78, 5) is 36.3. The van der Waals surface area contributed by atoms with Crippen molar-refractivity contribution in [2.24, 2.45) is 0 Å². The first-order valence-electron chi connectivity index (χ1n) is 17.2. The molecule has 3 aromatic rings. The third-order valence-electron chi connectivity index (χ3n) is 8.54. The number of hydrogen-bond acceptors (Lipinski definition) is 13. The highest BCUT2D eigenvalue weighted by atomic mass is 16.8. The number of benzene rings is 3. The van der Waals surface area contributed by atoms with Crippen LogP contribution in [-0.4, -0.2) is 91.0 Å². The van der Waals surface area contributed by atoms with Gasteiger partial charge in [-0.05, 0) is 23.6 Å². The zero-order chi connectivity index (χ0) is 37.0. The van der Waals surface area contributed by atoms with Crippen LogP contribution in [0.25, 0.3) is 0 Å². The Bertz CT molecular complexity index is 1560. The summed E-state index contributed by atoms with van der Waals surface area (Å²) >= 11 is 0. The van der Waals surface area contributed by atoms with Crippen molar-refractivity contribution in [2.75, 3.05) is 6.61 Å². The summed E-state index contributed by atoms with van der Waals surface area (Å²) in [5.74, 6) is -2.10. The monoisotopic (exact) mass is 722 g/mol. The van der Waals surface area contributed by atoms with E-state index in [-0.39, 0.29) is 19.8 Å². The minimum atomic E-state index is -1.75. The van der Waals surface area contributed by atoms with Gasteiger partial charge in [-0.25, -0.2) is 0 Å². The Kier molecular flexibility index (Phi) is 14.3. The van der Waals surface area contributed by atoms with E-state index in [1.165, 1.54) is 6.92 Å². The zero-order valence-corrected chi connectivity index (χ0v) is 29.6. The zero-order valence-electron chi connectivity index (χ0n) is 29.6. The minimum absolute atomic E-state index is 0.136. The molecule has 2 saturated heterocycles. The molecule has 2 aliphatic rings. The topological polar surface area (TPSA) is 155 Å².